The van der Waals surface area contributed by atoms with E-state index < -0.39 is 11.7 Å². The van der Waals surface area contributed by atoms with Gasteiger partial charge < -0.3 is 20.1 Å². The zero-order chi connectivity index (χ0) is 22.0. The maximum absolute atomic E-state index is 13.2. The van der Waals surface area contributed by atoms with Crippen molar-refractivity contribution < 1.29 is 19.1 Å². The van der Waals surface area contributed by atoms with Crippen LogP contribution in [0.2, 0.25) is 5.02 Å². The maximum atomic E-state index is 13.2. The highest BCUT2D eigenvalue weighted by atomic mass is 35.5. The molecule has 0 radical (unpaired) electrons. The summed E-state index contributed by atoms with van der Waals surface area (Å²) in [5.41, 5.74) is 3.25. The van der Waals surface area contributed by atoms with E-state index in [0.29, 0.717) is 42.3 Å². The van der Waals surface area contributed by atoms with E-state index in [0.717, 1.165) is 22.3 Å². The third-order valence-electron chi connectivity index (χ3n) is 5.83. The summed E-state index contributed by atoms with van der Waals surface area (Å²) in [6.07, 6.45) is 0.468. The fourth-order valence-electron chi connectivity index (χ4n) is 4.22. The second-order valence-corrected chi connectivity index (χ2v) is 8.25. The van der Waals surface area contributed by atoms with Gasteiger partial charge >= 0.3 is 6.16 Å². The first-order valence-corrected chi connectivity index (χ1v) is 10.8. The molecule has 1 fully saturated rings. The third-order valence-corrected chi connectivity index (χ3v) is 6.08. The van der Waals surface area contributed by atoms with E-state index in [-0.39, 0.29) is 12.5 Å². The van der Waals surface area contributed by atoms with E-state index in [4.69, 9.17) is 21.1 Å². The van der Waals surface area contributed by atoms with Crippen molar-refractivity contribution in [3.63, 3.8) is 0 Å². The molecule has 2 N–H and O–H groups in total. The Hall–Kier alpha value is -2.83. The van der Waals surface area contributed by atoms with Gasteiger partial charge in [0.25, 0.3) is 5.91 Å². The molecule has 2 aliphatic heterocycles. The highest BCUT2D eigenvalue weighted by Crippen LogP contribution is 2.41. The van der Waals surface area contributed by atoms with Crippen LogP contribution in [0.15, 0.2) is 48.2 Å². The third kappa shape index (κ3) is 4.18. The molecule has 0 unspecified atom stereocenters. The van der Waals surface area contributed by atoms with Crippen molar-refractivity contribution in [1.29, 1.82) is 0 Å². The highest BCUT2D eigenvalue weighted by molar-refractivity contribution is 6.30. The summed E-state index contributed by atoms with van der Waals surface area (Å²) in [5.74, 6) is 0.117. The summed E-state index contributed by atoms with van der Waals surface area (Å²) in [4.78, 5) is 25.5. The smallest absolute Gasteiger partial charge is 0.434 e. The van der Waals surface area contributed by atoms with Crippen LogP contribution in [0.5, 0.6) is 0 Å². The first kappa shape index (κ1) is 21.4. The number of aryl methyl sites for hydroxylation is 1. The molecule has 7 heteroatoms. The number of carbonyl (C=O) groups excluding carboxylic acids is 2. The Kier molecular flexibility index (Phi) is 6.03. The molecule has 1 saturated heterocycles. The Balaban J connectivity index is 1.84. The monoisotopic (exact) mass is 440 g/mol. The van der Waals surface area contributed by atoms with E-state index in [1.165, 1.54) is 0 Å². The van der Waals surface area contributed by atoms with Crippen molar-refractivity contribution in [1.82, 2.24) is 10.6 Å². The Morgan fingerprint density at radius 1 is 1.10 bits per heavy atom. The molecule has 31 heavy (non-hydrogen) atoms. The summed E-state index contributed by atoms with van der Waals surface area (Å²) in [6.45, 7) is 5.29. The van der Waals surface area contributed by atoms with Gasteiger partial charge in [0.15, 0.2) is 5.76 Å². The molecule has 2 aliphatic rings. The molecule has 0 atom stereocenters. The standard InChI is InChI=1S/C24H25ClN2O4/c1-3-30-23(29)31-21-20(22(28)27-24(21)10-12-26-13-11-24)19-14-17(5-4-15(19)2)16-6-8-18(25)9-7-16/h4-9,14,26H,3,10-13H2,1-2H3,(H,27,28). The predicted molar refractivity (Wildman–Crippen MR) is 120 cm³/mol. The Bertz CT molecular complexity index is 1040. The lowest BCUT2D eigenvalue weighted by molar-refractivity contribution is -0.116. The molecule has 0 bridgehead atoms. The van der Waals surface area contributed by atoms with Gasteiger partial charge in [0.2, 0.25) is 0 Å². The zero-order valence-corrected chi connectivity index (χ0v) is 18.3. The predicted octanol–water partition coefficient (Wildman–Crippen LogP) is 4.45. The fraction of sp³-hybridized carbons (Fsp3) is 0.333. The molecule has 2 heterocycles. The number of amides is 1. The molecule has 0 saturated carbocycles. The first-order chi connectivity index (χ1) is 14.9. The van der Waals surface area contributed by atoms with Crippen LogP contribution < -0.4 is 10.6 Å². The number of benzene rings is 2. The van der Waals surface area contributed by atoms with Gasteiger partial charge in [0.1, 0.15) is 5.54 Å². The number of piperidine rings is 1. The number of nitrogens with one attached hydrogen (secondary N) is 2. The topological polar surface area (TPSA) is 76.7 Å². The molecule has 1 amide bonds. The van der Waals surface area contributed by atoms with Crippen molar-refractivity contribution >= 4 is 29.2 Å². The summed E-state index contributed by atoms with van der Waals surface area (Å²) >= 11 is 6.03. The van der Waals surface area contributed by atoms with Gasteiger partial charge in [0.05, 0.1) is 12.2 Å². The number of carbonyl (C=O) groups is 2. The van der Waals surface area contributed by atoms with Crippen molar-refractivity contribution in [3.8, 4) is 11.1 Å². The van der Waals surface area contributed by atoms with Gasteiger partial charge in [-0.05, 0) is 80.2 Å². The largest absolute Gasteiger partial charge is 0.513 e. The van der Waals surface area contributed by atoms with Crippen LogP contribution in [0.4, 0.5) is 4.79 Å². The lowest BCUT2D eigenvalue weighted by atomic mass is 9.85. The lowest BCUT2D eigenvalue weighted by Crippen LogP contribution is -2.52. The second-order valence-electron chi connectivity index (χ2n) is 7.81. The average Bonchev–Trinajstić information content (AvgIpc) is 3.00. The van der Waals surface area contributed by atoms with E-state index in [1.807, 2.05) is 49.4 Å². The molecule has 0 aliphatic carbocycles. The van der Waals surface area contributed by atoms with Gasteiger partial charge in [0, 0.05) is 5.02 Å². The van der Waals surface area contributed by atoms with Gasteiger partial charge in [-0.3, -0.25) is 4.79 Å². The average molecular weight is 441 g/mol. The van der Waals surface area contributed by atoms with Crippen LogP contribution >= 0.6 is 11.6 Å². The van der Waals surface area contributed by atoms with Crippen LogP contribution in [0, 0.1) is 6.92 Å². The quantitative estimate of drug-likeness (QED) is 0.687. The van der Waals surface area contributed by atoms with E-state index in [9.17, 15) is 9.59 Å². The minimum atomic E-state index is -0.795. The first-order valence-electron chi connectivity index (χ1n) is 10.4. The Morgan fingerprint density at radius 2 is 1.77 bits per heavy atom. The molecule has 162 valence electrons. The summed E-state index contributed by atoms with van der Waals surface area (Å²) < 4.78 is 10.7. The van der Waals surface area contributed by atoms with E-state index in [2.05, 4.69) is 10.6 Å². The van der Waals surface area contributed by atoms with Crippen LogP contribution in [0.25, 0.3) is 16.7 Å². The SMILES string of the molecule is CCOC(=O)OC1=C(c2cc(-c3ccc(Cl)cc3)ccc2C)C(=O)NC12CCNCC2. The van der Waals surface area contributed by atoms with Gasteiger partial charge in [-0.15, -0.1) is 0 Å². The van der Waals surface area contributed by atoms with Crippen LogP contribution in [0.1, 0.15) is 30.9 Å². The second kappa shape index (κ2) is 8.73. The van der Waals surface area contributed by atoms with Crippen LogP contribution in [-0.4, -0.2) is 37.3 Å². The molecule has 1 spiro atoms. The molecule has 6 nitrogen and oxygen atoms in total. The van der Waals surface area contributed by atoms with E-state index in [1.54, 1.807) is 6.92 Å². The molecule has 0 aromatic heterocycles. The normalized spacial score (nSPS) is 17.6. The highest BCUT2D eigenvalue weighted by Gasteiger charge is 2.49. The molecule has 4 rings (SSSR count). The zero-order valence-electron chi connectivity index (χ0n) is 17.6. The van der Waals surface area contributed by atoms with Gasteiger partial charge in [-0.25, -0.2) is 4.79 Å². The number of rotatable bonds is 4. The Labute approximate surface area is 186 Å². The minimum Gasteiger partial charge on any atom is -0.434 e. The van der Waals surface area contributed by atoms with E-state index >= 15 is 0 Å². The molecule has 2 aromatic carbocycles. The number of ether oxygens (including phenoxy) is 2. The molecular formula is C24H25ClN2O4. The number of hydrogen-bond donors (Lipinski definition) is 2. The van der Waals surface area contributed by atoms with Crippen molar-refractivity contribution in [2.24, 2.45) is 0 Å². The molecular weight excluding hydrogens is 416 g/mol. The van der Waals surface area contributed by atoms with Gasteiger partial charge in [-0.2, -0.15) is 0 Å². The molecule has 2 aromatic rings. The summed E-state index contributed by atoms with van der Waals surface area (Å²) in [6, 6.07) is 13.5. The lowest BCUT2D eigenvalue weighted by Gasteiger charge is -2.35. The maximum Gasteiger partial charge on any atom is 0.513 e. The van der Waals surface area contributed by atoms with Crippen LogP contribution in [-0.2, 0) is 14.3 Å². The van der Waals surface area contributed by atoms with Crippen LogP contribution in [0.3, 0.4) is 0 Å². The number of hydrogen-bond acceptors (Lipinski definition) is 5. The fourth-order valence-corrected chi connectivity index (χ4v) is 4.35. The number of halogens is 1. The van der Waals surface area contributed by atoms with Crippen molar-refractivity contribution in [3.05, 3.63) is 64.4 Å². The Morgan fingerprint density at radius 3 is 2.45 bits per heavy atom. The minimum absolute atomic E-state index is 0.197. The van der Waals surface area contributed by atoms with Crippen molar-refractivity contribution in [2.45, 2.75) is 32.2 Å². The summed E-state index contributed by atoms with van der Waals surface area (Å²) in [5, 5.41) is 7.06. The summed E-state index contributed by atoms with van der Waals surface area (Å²) in [7, 11) is 0. The van der Waals surface area contributed by atoms with Crippen molar-refractivity contribution in [2.75, 3.05) is 19.7 Å². The van der Waals surface area contributed by atoms with Gasteiger partial charge in [-0.1, -0.05) is 35.9 Å².